The summed E-state index contributed by atoms with van der Waals surface area (Å²) in [6.45, 7) is 6.05. The SMILES string of the molecule is CCOC(=O)C(CC)Oc1cc(OC)ccc1C(C)NC. The van der Waals surface area contributed by atoms with Gasteiger partial charge >= 0.3 is 5.97 Å². The molecule has 1 N–H and O–H groups in total. The molecule has 0 aromatic heterocycles. The number of methoxy groups -OCH3 is 1. The second-order valence-corrected chi connectivity index (χ2v) is 4.68. The van der Waals surface area contributed by atoms with E-state index in [4.69, 9.17) is 14.2 Å². The second-order valence-electron chi connectivity index (χ2n) is 4.68. The molecule has 2 atom stereocenters. The van der Waals surface area contributed by atoms with E-state index in [1.807, 2.05) is 33.0 Å². The Balaban J connectivity index is 3.04. The summed E-state index contributed by atoms with van der Waals surface area (Å²) in [5, 5.41) is 3.17. The van der Waals surface area contributed by atoms with Crippen LogP contribution in [0.4, 0.5) is 0 Å². The molecule has 1 rings (SSSR count). The topological polar surface area (TPSA) is 56.8 Å². The normalized spacial score (nSPS) is 13.4. The first-order valence-electron chi connectivity index (χ1n) is 7.25. The number of hydrogen-bond acceptors (Lipinski definition) is 5. The molecule has 0 radical (unpaired) electrons. The molecule has 0 saturated carbocycles. The monoisotopic (exact) mass is 295 g/mol. The second kappa shape index (κ2) is 8.52. The Hall–Kier alpha value is -1.75. The number of carbonyl (C=O) groups excluding carboxylic acids is 1. The van der Waals surface area contributed by atoms with Gasteiger partial charge in [0, 0.05) is 17.7 Å². The van der Waals surface area contributed by atoms with Crippen LogP contribution in [-0.2, 0) is 9.53 Å². The molecule has 21 heavy (non-hydrogen) atoms. The van der Waals surface area contributed by atoms with Gasteiger partial charge < -0.3 is 19.5 Å². The van der Waals surface area contributed by atoms with Gasteiger partial charge in [0.05, 0.1) is 13.7 Å². The fourth-order valence-electron chi connectivity index (χ4n) is 1.94. The maximum Gasteiger partial charge on any atom is 0.347 e. The highest BCUT2D eigenvalue weighted by Gasteiger charge is 2.22. The van der Waals surface area contributed by atoms with Gasteiger partial charge in [0.15, 0.2) is 6.10 Å². The highest BCUT2D eigenvalue weighted by molar-refractivity contribution is 5.75. The number of esters is 1. The summed E-state index contributed by atoms with van der Waals surface area (Å²) < 4.78 is 16.1. The van der Waals surface area contributed by atoms with Crippen LogP contribution in [0.3, 0.4) is 0 Å². The molecule has 0 aliphatic carbocycles. The van der Waals surface area contributed by atoms with Crippen molar-refractivity contribution < 1.29 is 19.0 Å². The van der Waals surface area contributed by atoms with E-state index in [0.29, 0.717) is 24.5 Å². The molecule has 0 spiro atoms. The van der Waals surface area contributed by atoms with Gasteiger partial charge in [-0.3, -0.25) is 0 Å². The molecule has 5 heteroatoms. The van der Waals surface area contributed by atoms with Crippen LogP contribution in [0.1, 0.15) is 38.8 Å². The molecule has 5 nitrogen and oxygen atoms in total. The van der Waals surface area contributed by atoms with E-state index in [0.717, 1.165) is 5.56 Å². The molecule has 0 bridgehead atoms. The fraction of sp³-hybridized carbons (Fsp3) is 0.562. The predicted octanol–water partition coefficient (Wildman–Crippen LogP) is 2.70. The molecule has 2 unspecified atom stereocenters. The van der Waals surface area contributed by atoms with Crippen LogP contribution in [0.25, 0.3) is 0 Å². The smallest absolute Gasteiger partial charge is 0.347 e. The average Bonchev–Trinajstić information content (AvgIpc) is 2.51. The van der Waals surface area contributed by atoms with Crippen molar-refractivity contribution in [3.05, 3.63) is 23.8 Å². The molecule has 0 heterocycles. The standard InChI is InChI=1S/C16H25NO4/c1-6-14(16(18)20-7-2)21-15-10-12(19-5)8-9-13(15)11(3)17-4/h8-11,14,17H,6-7H2,1-5H3. The van der Waals surface area contributed by atoms with Gasteiger partial charge in [-0.2, -0.15) is 0 Å². The third-order valence-electron chi connectivity index (χ3n) is 3.31. The van der Waals surface area contributed by atoms with Crippen molar-refractivity contribution in [3.63, 3.8) is 0 Å². The lowest BCUT2D eigenvalue weighted by Crippen LogP contribution is -2.29. The van der Waals surface area contributed by atoms with Crippen LogP contribution in [0.2, 0.25) is 0 Å². The zero-order valence-corrected chi connectivity index (χ0v) is 13.4. The Kier molecular flexibility index (Phi) is 7.02. The summed E-state index contributed by atoms with van der Waals surface area (Å²) in [5.74, 6) is 0.984. The molecule has 1 aromatic rings. The van der Waals surface area contributed by atoms with Crippen LogP contribution < -0.4 is 14.8 Å². The molecule has 0 saturated heterocycles. The third-order valence-corrected chi connectivity index (χ3v) is 3.31. The van der Waals surface area contributed by atoms with E-state index in [9.17, 15) is 4.79 Å². The number of hydrogen-bond donors (Lipinski definition) is 1. The number of benzene rings is 1. The quantitative estimate of drug-likeness (QED) is 0.747. The van der Waals surface area contributed by atoms with Crippen molar-refractivity contribution in [2.24, 2.45) is 0 Å². The molecular weight excluding hydrogens is 270 g/mol. The molecule has 118 valence electrons. The Morgan fingerprint density at radius 2 is 2.05 bits per heavy atom. The Morgan fingerprint density at radius 3 is 2.57 bits per heavy atom. The number of carbonyl (C=O) groups is 1. The van der Waals surface area contributed by atoms with Crippen molar-refractivity contribution in [1.82, 2.24) is 5.32 Å². The lowest BCUT2D eigenvalue weighted by atomic mass is 10.1. The first-order valence-corrected chi connectivity index (χ1v) is 7.25. The zero-order valence-electron chi connectivity index (χ0n) is 13.4. The fourth-order valence-corrected chi connectivity index (χ4v) is 1.94. The number of nitrogens with one attached hydrogen (secondary N) is 1. The minimum Gasteiger partial charge on any atom is -0.497 e. The zero-order chi connectivity index (χ0) is 15.8. The van der Waals surface area contributed by atoms with Crippen molar-refractivity contribution >= 4 is 5.97 Å². The van der Waals surface area contributed by atoms with Gasteiger partial charge in [-0.25, -0.2) is 4.79 Å². The van der Waals surface area contributed by atoms with E-state index in [1.54, 1.807) is 20.1 Å². The van der Waals surface area contributed by atoms with Gasteiger partial charge in [-0.05, 0) is 33.4 Å². The molecule has 0 aliphatic heterocycles. The average molecular weight is 295 g/mol. The molecule has 1 aromatic carbocycles. The van der Waals surface area contributed by atoms with Crippen molar-refractivity contribution in [3.8, 4) is 11.5 Å². The van der Waals surface area contributed by atoms with Crippen molar-refractivity contribution in [2.45, 2.75) is 39.3 Å². The van der Waals surface area contributed by atoms with Gasteiger partial charge in [0.2, 0.25) is 0 Å². The van der Waals surface area contributed by atoms with Gasteiger partial charge in [0.25, 0.3) is 0 Å². The predicted molar refractivity (Wildman–Crippen MR) is 81.8 cm³/mol. The highest BCUT2D eigenvalue weighted by Crippen LogP contribution is 2.30. The maximum absolute atomic E-state index is 11.9. The maximum atomic E-state index is 11.9. The van der Waals surface area contributed by atoms with Crippen LogP contribution in [0, 0.1) is 0 Å². The van der Waals surface area contributed by atoms with Crippen LogP contribution >= 0.6 is 0 Å². The van der Waals surface area contributed by atoms with Crippen molar-refractivity contribution in [1.29, 1.82) is 0 Å². The first kappa shape index (κ1) is 17.3. The lowest BCUT2D eigenvalue weighted by Gasteiger charge is -2.21. The summed E-state index contributed by atoms with van der Waals surface area (Å²) in [4.78, 5) is 11.9. The summed E-state index contributed by atoms with van der Waals surface area (Å²) in [5.41, 5.74) is 0.973. The molecule has 0 fully saturated rings. The van der Waals surface area contributed by atoms with Crippen LogP contribution in [-0.4, -0.2) is 32.8 Å². The minimum absolute atomic E-state index is 0.102. The summed E-state index contributed by atoms with van der Waals surface area (Å²) in [6.07, 6.45) is -0.0662. The van der Waals surface area contributed by atoms with Crippen LogP contribution in [0.5, 0.6) is 11.5 Å². The third kappa shape index (κ3) is 4.63. The molecule has 0 aliphatic rings. The van der Waals surface area contributed by atoms with Crippen molar-refractivity contribution in [2.75, 3.05) is 20.8 Å². The van der Waals surface area contributed by atoms with Gasteiger partial charge in [-0.1, -0.05) is 13.0 Å². The van der Waals surface area contributed by atoms with E-state index in [-0.39, 0.29) is 12.0 Å². The van der Waals surface area contributed by atoms with E-state index in [2.05, 4.69) is 5.32 Å². The largest absolute Gasteiger partial charge is 0.497 e. The summed E-state index contributed by atoms with van der Waals surface area (Å²) in [7, 11) is 3.48. The van der Waals surface area contributed by atoms with Gasteiger partial charge in [0.1, 0.15) is 11.5 Å². The van der Waals surface area contributed by atoms with E-state index in [1.165, 1.54) is 0 Å². The van der Waals surface area contributed by atoms with Crippen LogP contribution in [0.15, 0.2) is 18.2 Å². The minimum atomic E-state index is -0.611. The highest BCUT2D eigenvalue weighted by atomic mass is 16.6. The number of ether oxygens (including phenoxy) is 3. The Morgan fingerprint density at radius 1 is 1.33 bits per heavy atom. The van der Waals surface area contributed by atoms with E-state index >= 15 is 0 Å². The molecule has 0 amide bonds. The Bertz CT molecular complexity index is 462. The lowest BCUT2D eigenvalue weighted by molar-refractivity contribution is -0.151. The summed E-state index contributed by atoms with van der Waals surface area (Å²) >= 11 is 0. The Labute approximate surface area is 126 Å². The molecular formula is C16H25NO4. The first-order chi connectivity index (χ1) is 10.1. The summed E-state index contributed by atoms with van der Waals surface area (Å²) in [6, 6.07) is 5.71. The van der Waals surface area contributed by atoms with Gasteiger partial charge in [-0.15, -0.1) is 0 Å². The number of rotatable bonds is 8. The van der Waals surface area contributed by atoms with E-state index < -0.39 is 6.10 Å².